The van der Waals surface area contributed by atoms with Crippen LogP contribution in [0.2, 0.25) is 0 Å². The highest BCUT2D eigenvalue weighted by molar-refractivity contribution is 9.10. The fourth-order valence-corrected chi connectivity index (χ4v) is 2.61. The first-order chi connectivity index (χ1) is 9.02. The minimum Gasteiger partial charge on any atom is -0.306 e. The van der Waals surface area contributed by atoms with Gasteiger partial charge in [0.25, 0.3) is 0 Å². The van der Waals surface area contributed by atoms with Crippen LogP contribution in [0.25, 0.3) is 0 Å². The average Bonchev–Trinajstić information content (AvgIpc) is 2.69. The van der Waals surface area contributed by atoms with E-state index in [2.05, 4.69) is 26.3 Å². The van der Waals surface area contributed by atoms with E-state index in [1.807, 2.05) is 33.2 Å². The summed E-state index contributed by atoms with van der Waals surface area (Å²) in [6.45, 7) is 4.70. The fourth-order valence-electron chi connectivity index (χ4n) is 2.23. The Bertz CT molecular complexity index is 580. The molecule has 1 unspecified atom stereocenters. The second kappa shape index (κ2) is 5.84. The number of aryl methyl sites for hydroxylation is 2. The monoisotopic (exact) mass is 325 g/mol. The van der Waals surface area contributed by atoms with Crippen molar-refractivity contribution in [2.75, 3.05) is 6.54 Å². The molecule has 5 heteroatoms. The van der Waals surface area contributed by atoms with Crippen LogP contribution in [0.4, 0.5) is 4.39 Å². The Labute approximate surface area is 121 Å². The number of rotatable bonds is 4. The molecule has 1 aromatic carbocycles. The standard InChI is InChI=1S/C14H17BrFN3/c1-4-17-14(12-8-19(3)18-9(12)2)11-7-10(15)5-6-13(11)16/h5-8,14,17H,4H2,1-3H3. The van der Waals surface area contributed by atoms with Gasteiger partial charge in [0.05, 0.1) is 11.7 Å². The molecule has 1 aromatic heterocycles. The summed E-state index contributed by atoms with van der Waals surface area (Å²) in [5, 5.41) is 7.66. The quantitative estimate of drug-likeness (QED) is 0.934. The zero-order chi connectivity index (χ0) is 14.0. The Kier molecular flexibility index (Phi) is 4.37. The molecule has 3 nitrogen and oxygen atoms in total. The molecule has 0 aliphatic carbocycles. The highest BCUT2D eigenvalue weighted by Crippen LogP contribution is 2.28. The van der Waals surface area contributed by atoms with Crippen LogP contribution < -0.4 is 5.32 Å². The van der Waals surface area contributed by atoms with Gasteiger partial charge in [-0.1, -0.05) is 22.9 Å². The van der Waals surface area contributed by atoms with Gasteiger partial charge >= 0.3 is 0 Å². The lowest BCUT2D eigenvalue weighted by Crippen LogP contribution is -2.23. The smallest absolute Gasteiger partial charge is 0.128 e. The third-order valence-corrected chi connectivity index (χ3v) is 3.53. The summed E-state index contributed by atoms with van der Waals surface area (Å²) in [5.41, 5.74) is 2.54. The van der Waals surface area contributed by atoms with Crippen LogP contribution in [0.1, 0.15) is 29.8 Å². The van der Waals surface area contributed by atoms with Crippen molar-refractivity contribution in [3.63, 3.8) is 0 Å². The van der Waals surface area contributed by atoms with Crippen LogP contribution in [-0.2, 0) is 7.05 Å². The van der Waals surface area contributed by atoms with Gasteiger partial charge in [0.1, 0.15) is 5.82 Å². The number of hydrogen-bond donors (Lipinski definition) is 1. The molecule has 0 saturated carbocycles. The molecule has 19 heavy (non-hydrogen) atoms. The van der Waals surface area contributed by atoms with Gasteiger partial charge in [-0.05, 0) is 31.7 Å². The molecule has 0 saturated heterocycles. The first-order valence-corrected chi connectivity index (χ1v) is 7.00. The number of halogens is 2. The maximum Gasteiger partial charge on any atom is 0.128 e. The summed E-state index contributed by atoms with van der Waals surface area (Å²) in [4.78, 5) is 0. The summed E-state index contributed by atoms with van der Waals surface area (Å²) in [6.07, 6.45) is 1.93. The van der Waals surface area contributed by atoms with Crippen LogP contribution in [0.5, 0.6) is 0 Å². The second-order valence-electron chi connectivity index (χ2n) is 4.50. The predicted molar refractivity (Wildman–Crippen MR) is 77.6 cm³/mol. The van der Waals surface area contributed by atoms with E-state index in [-0.39, 0.29) is 11.9 Å². The molecule has 0 bridgehead atoms. The summed E-state index contributed by atoms with van der Waals surface area (Å²) in [5.74, 6) is -0.211. The second-order valence-corrected chi connectivity index (χ2v) is 5.42. The van der Waals surface area contributed by atoms with Crippen LogP contribution in [0, 0.1) is 12.7 Å². The lowest BCUT2D eigenvalue weighted by atomic mass is 9.99. The van der Waals surface area contributed by atoms with Crippen molar-refractivity contribution < 1.29 is 4.39 Å². The van der Waals surface area contributed by atoms with Crippen molar-refractivity contribution in [1.82, 2.24) is 15.1 Å². The van der Waals surface area contributed by atoms with Crippen LogP contribution in [-0.4, -0.2) is 16.3 Å². The van der Waals surface area contributed by atoms with Crippen molar-refractivity contribution >= 4 is 15.9 Å². The first-order valence-electron chi connectivity index (χ1n) is 6.21. The van der Waals surface area contributed by atoms with Crippen molar-refractivity contribution in [3.05, 3.63) is 51.5 Å². The third-order valence-electron chi connectivity index (χ3n) is 3.04. The molecular formula is C14H17BrFN3. The lowest BCUT2D eigenvalue weighted by Gasteiger charge is -2.19. The molecule has 0 radical (unpaired) electrons. The molecule has 2 aromatic rings. The highest BCUT2D eigenvalue weighted by atomic mass is 79.9. The van der Waals surface area contributed by atoms with Crippen molar-refractivity contribution in [2.45, 2.75) is 19.9 Å². The molecule has 0 fully saturated rings. The number of nitrogens with one attached hydrogen (secondary N) is 1. The predicted octanol–water partition coefficient (Wildman–Crippen LogP) is 3.33. The minimum atomic E-state index is -0.211. The van der Waals surface area contributed by atoms with Crippen LogP contribution >= 0.6 is 15.9 Å². The average molecular weight is 326 g/mol. The molecule has 102 valence electrons. The number of nitrogens with zero attached hydrogens (tertiary/aromatic N) is 2. The summed E-state index contributed by atoms with van der Waals surface area (Å²) >= 11 is 3.40. The van der Waals surface area contributed by atoms with E-state index in [1.54, 1.807) is 10.7 Å². The molecule has 0 spiro atoms. The SMILES string of the molecule is CCNC(c1cc(Br)ccc1F)c1cn(C)nc1C. The van der Waals surface area contributed by atoms with E-state index in [0.29, 0.717) is 5.56 Å². The van der Waals surface area contributed by atoms with E-state index in [9.17, 15) is 4.39 Å². The Morgan fingerprint density at radius 2 is 2.16 bits per heavy atom. The van der Waals surface area contributed by atoms with E-state index >= 15 is 0 Å². The molecule has 2 rings (SSSR count). The van der Waals surface area contributed by atoms with E-state index < -0.39 is 0 Å². The fraction of sp³-hybridized carbons (Fsp3) is 0.357. The van der Waals surface area contributed by atoms with Gasteiger partial charge in [0.2, 0.25) is 0 Å². The van der Waals surface area contributed by atoms with Crippen LogP contribution in [0.15, 0.2) is 28.9 Å². The van der Waals surface area contributed by atoms with E-state index in [0.717, 1.165) is 22.3 Å². The van der Waals surface area contributed by atoms with Crippen molar-refractivity contribution in [2.24, 2.45) is 7.05 Å². The third kappa shape index (κ3) is 3.04. The van der Waals surface area contributed by atoms with Gasteiger partial charge in [-0.25, -0.2) is 4.39 Å². The molecule has 0 aliphatic heterocycles. The number of aromatic nitrogens is 2. The number of benzene rings is 1. The van der Waals surface area contributed by atoms with E-state index in [4.69, 9.17) is 0 Å². The van der Waals surface area contributed by atoms with Gasteiger partial charge < -0.3 is 5.32 Å². The maximum absolute atomic E-state index is 14.1. The maximum atomic E-state index is 14.1. The summed E-state index contributed by atoms with van der Waals surface area (Å²) in [6, 6.07) is 4.82. The Balaban J connectivity index is 2.51. The van der Waals surface area contributed by atoms with Crippen LogP contribution in [0.3, 0.4) is 0 Å². The minimum absolute atomic E-state index is 0.184. The molecule has 0 amide bonds. The molecule has 1 heterocycles. The Morgan fingerprint density at radius 1 is 1.42 bits per heavy atom. The van der Waals surface area contributed by atoms with Gasteiger partial charge in [-0.3, -0.25) is 4.68 Å². The molecule has 0 aliphatic rings. The first kappa shape index (κ1) is 14.2. The van der Waals surface area contributed by atoms with E-state index in [1.165, 1.54) is 6.07 Å². The molecule has 1 atom stereocenters. The Hall–Kier alpha value is -1.20. The summed E-state index contributed by atoms with van der Waals surface area (Å²) in [7, 11) is 1.87. The highest BCUT2D eigenvalue weighted by Gasteiger charge is 2.21. The molecular weight excluding hydrogens is 309 g/mol. The van der Waals surface area contributed by atoms with Crippen molar-refractivity contribution in [1.29, 1.82) is 0 Å². The van der Waals surface area contributed by atoms with Gasteiger partial charge in [0, 0.05) is 28.8 Å². The number of hydrogen-bond acceptors (Lipinski definition) is 2. The zero-order valence-corrected chi connectivity index (χ0v) is 12.8. The molecule has 1 N–H and O–H groups in total. The Morgan fingerprint density at radius 3 is 2.74 bits per heavy atom. The largest absolute Gasteiger partial charge is 0.306 e. The zero-order valence-electron chi connectivity index (χ0n) is 11.2. The van der Waals surface area contributed by atoms with Gasteiger partial charge in [-0.2, -0.15) is 5.10 Å². The lowest BCUT2D eigenvalue weighted by molar-refractivity contribution is 0.557. The van der Waals surface area contributed by atoms with Gasteiger partial charge in [-0.15, -0.1) is 0 Å². The normalized spacial score (nSPS) is 12.7. The topological polar surface area (TPSA) is 29.9 Å². The van der Waals surface area contributed by atoms with Gasteiger partial charge in [0.15, 0.2) is 0 Å². The summed E-state index contributed by atoms with van der Waals surface area (Å²) < 4.78 is 16.7. The van der Waals surface area contributed by atoms with Crippen molar-refractivity contribution in [3.8, 4) is 0 Å².